The SMILES string of the molecule is FC(F)(Cl)Cl.[CH]. The van der Waals surface area contributed by atoms with E-state index in [4.69, 9.17) is 0 Å². The summed E-state index contributed by atoms with van der Waals surface area (Å²) in [5, 5.41) is 0. The molecular weight excluding hydrogens is 133 g/mol. The van der Waals surface area contributed by atoms with Crippen LogP contribution in [0.4, 0.5) is 8.78 Å². The van der Waals surface area contributed by atoms with Crippen LogP contribution in [0.1, 0.15) is 0 Å². The largest absolute Gasteiger partial charge is 0.401 e. The zero-order valence-corrected chi connectivity index (χ0v) is 4.10. The van der Waals surface area contributed by atoms with Gasteiger partial charge in [0.2, 0.25) is 0 Å². The average molecular weight is 134 g/mol. The van der Waals surface area contributed by atoms with Crippen molar-refractivity contribution in [3.05, 3.63) is 7.43 Å². The van der Waals surface area contributed by atoms with E-state index in [2.05, 4.69) is 23.2 Å². The maximum absolute atomic E-state index is 10.6. The molecule has 0 bridgehead atoms. The van der Waals surface area contributed by atoms with Gasteiger partial charge in [0.25, 0.3) is 0 Å². The first-order chi connectivity index (χ1) is 2.00. The lowest BCUT2D eigenvalue weighted by Crippen LogP contribution is -1.86. The molecule has 0 saturated heterocycles. The first-order valence-corrected chi connectivity index (χ1v) is 1.51. The second kappa shape index (κ2) is 2.59. The van der Waals surface area contributed by atoms with Crippen LogP contribution in [-0.2, 0) is 0 Å². The molecule has 0 aromatic carbocycles. The van der Waals surface area contributed by atoms with Crippen LogP contribution in [0.25, 0.3) is 0 Å². The summed E-state index contributed by atoms with van der Waals surface area (Å²) in [6.07, 6.45) is 0. The van der Waals surface area contributed by atoms with E-state index >= 15 is 0 Å². The highest BCUT2D eigenvalue weighted by molar-refractivity contribution is 6.45. The van der Waals surface area contributed by atoms with Crippen LogP contribution in [0, 0.1) is 7.43 Å². The molecule has 6 heavy (non-hydrogen) atoms. The van der Waals surface area contributed by atoms with Gasteiger partial charge in [0.1, 0.15) is 0 Å². The predicted molar refractivity (Wildman–Crippen MR) is 21.0 cm³/mol. The quantitative estimate of drug-likeness (QED) is 0.445. The van der Waals surface area contributed by atoms with Gasteiger partial charge in [-0.05, 0) is 30.6 Å². The Morgan fingerprint density at radius 1 is 1.17 bits per heavy atom. The highest BCUT2D eigenvalue weighted by Crippen LogP contribution is 2.22. The molecule has 0 aromatic heterocycles. The summed E-state index contributed by atoms with van der Waals surface area (Å²) in [4.78, 5) is -3.56. The molecule has 0 aliphatic rings. The van der Waals surface area contributed by atoms with Crippen LogP contribution in [0.5, 0.6) is 0 Å². The lowest BCUT2D eigenvalue weighted by molar-refractivity contribution is 0.194. The van der Waals surface area contributed by atoms with Crippen LogP contribution < -0.4 is 0 Å². The molecule has 0 amide bonds. The van der Waals surface area contributed by atoms with Gasteiger partial charge < -0.3 is 0 Å². The van der Waals surface area contributed by atoms with E-state index in [9.17, 15) is 8.78 Å². The molecule has 0 N–H and O–H groups in total. The van der Waals surface area contributed by atoms with Crippen LogP contribution in [0.15, 0.2) is 0 Å². The van der Waals surface area contributed by atoms with Crippen molar-refractivity contribution >= 4 is 23.2 Å². The Morgan fingerprint density at radius 2 is 1.17 bits per heavy atom. The molecule has 0 aliphatic heterocycles. The molecule has 0 atom stereocenters. The molecule has 0 saturated carbocycles. The Bertz CT molecular complexity index is 25.0. The summed E-state index contributed by atoms with van der Waals surface area (Å²) in [5.74, 6) is 0. The predicted octanol–water partition coefficient (Wildman–Crippen LogP) is 2.22. The fraction of sp³-hybridized carbons (Fsp3) is 0.500. The maximum atomic E-state index is 10.6. The van der Waals surface area contributed by atoms with E-state index in [0.717, 1.165) is 0 Å². The highest BCUT2D eigenvalue weighted by Gasteiger charge is 2.17. The number of hydrogen-bond acceptors (Lipinski definition) is 0. The molecule has 0 spiro atoms. The summed E-state index contributed by atoms with van der Waals surface area (Å²) in [6.45, 7) is 0. The van der Waals surface area contributed by atoms with Crippen LogP contribution >= 0.6 is 23.2 Å². The summed E-state index contributed by atoms with van der Waals surface area (Å²) in [6, 6.07) is 0. The fourth-order valence-corrected chi connectivity index (χ4v) is 0. The highest BCUT2D eigenvalue weighted by atomic mass is 35.5. The maximum Gasteiger partial charge on any atom is 0.401 e. The number of hydrogen-bond donors (Lipinski definition) is 0. The van der Waals surface area contributed by atoms with Gasteiger partial charge in [-0.15, -0.1) is 0 Å². The van der Waals surface area contributed by atoms with E-state index in [1.807, 2.05) is 0 Å². The monoisotopic (exact) mass is 133 g/mol. The molecule has 37 valence electrons. The minimum absolute atomic E-state index is 0. The Balaban J connectivity index is 0. The van der Waals surface area contributed by atoms with Crippen molar-refractivity contribution in [2.75, 3.05) is 0 Å². The Hall–Kier alpha value is 0.440. The van der Waals surface area contributed by atoms with Gasteiger partial charge in [0.05, 0.1) is 0 Å². The number of rotatable bonds is 0. The zero-order valence-electron chi connectivity index (χ0n) is 2.59. The van der Waals surface area contributed by atoms with Crippen molar-refractivity contribution in [1.29, 1.82) is 0 Å². The van der Waals surface area contributed by atoms with Crippen LogP contribution in [0.2, 0.25) is 0 Å². The molecule has 0 nitrogen and oxygen atoms in total. The first-order valence-electron chi connectivity index (χ1n) is 0.756. The zero-order chi connectivity index (χ0) is 4.50. The third-order valence-corrected chi connectivity index (χ3v) is 0. The Labute approximate surface area is 45.0 Å². The number of alkyl halides is 4. The topological polar surface area (TPSA) is 0 Å². The third-order valence-electron chi connectivity index (χ3n) is 0. The minimum atomic E-state index is -3.56. The summed E-state index contributed by atoms with van der Waals surface area (Å²) >= 11 is 7.92. The molecule has 0 unspecified atom stereocenters. The van der Waals surface area contributed by atoms with E-state index in [1.165, 1.54) is 0 Å². The second-order valence-corrected chi connectivity index (χ2v) is 1.57. The average Bonchev–Trinajstić information content (AvgIpc) is 0.722. The Morgan fingerprint density at radius 3 is 1.17 bits per heavy atom. The smallest absolute Gasteiger partial charge is 0.172 e. The van der Waals surface area contributed by atoms with Gasteiger partial charge in [-0.25, -0.2) is 0 Å². The lowest BCUT2D eigenvalue weighted by Gasteiger charge is -1.87. The van der Waals surface area contributed by atoms with E-state index < -0.39 is 4.84 Å². The summed E-state index contributed by atoms with van der Waals surface area (Å²) in [7, 11) is 0. The van der Waals surface area contributed by atoms with E-state index in [0.29, 0.717) is 0 Å². The van der Waals surface area contributed by atoms with Gasteiger partial charge in [0.15, 0.2) is 0 Å². The van der Waals surface area contributed by atoms with Crippen molar-refractivity contribution in [3.63, 3.8) is 0 Å². The minimum Gasteiger partial charge on any atom is -0.172 e. The molecule has 0 fully saturated rings. The summed E-state index contributed by atoms with van der Waals surface area (Å²) in [5.41, 5.74) is 0. The normalized spacial score (nSPS) is 10.0. The summed E-state index contributed by atoms with van der Waals surface area (Å²) < 4.78 is 21.1. The van der Waals surface area contributed by atoms with E-state index in [1.54, 1.807) is 0 Å². The first kappa shape index (κ1) is 9.67. The van der Waals surface area contributed by atoms with Gasteiger partial charge in [-0.1, -0.05) is 0 Å². The molecule has 0 aliphatic carbocycles. The van der Waals surface area contributed by atoms with Crippen LogP contribution in [0.3, 0.4) is 0 Å². The van der Waals surface area contributed by atoms with Crippen LogP contribution in [-0.4, -0.2) is 4.84 Å². The van der Waals surface area contributed by atoms with Gasteiger partial charge in [0, 0.05) is 0 Å². The van der Waals surface area contributed by atoms with Crippen molar-refractivity contribution in [1.82, 2.24) is 0 Å². The second-order valence-electron chi connectivity index (χ2n) is 0.429. The molecule has 0 heterocycles. The van der Waals surface area contributed by atoms with E-state index in [-0.39, 0.29) is 7.43 Å². The molecule has 0 rings (SSSR count). The van der Waals surface area contributed by atoms with Crippen molar-refractivity contribution in [2.45, 2.75) is 4.84 Å². The lowest BCUT2D eigenvalue weighted by atomic mass is 11.7. The van der Waals surface area contributed by atoms with Crippen molar-refractivity contribution in [2.24, 2.45) is 0 Å². The molecular formula is C2HCl2F2. The van der Waals surface area contributed by atoms with Gasteiger partial charge >= 0.3 is 4.84 Å². The number of halogens is 4. The molecule has 0 aromatic rings. The van der Waals surface area contributed by atoms with Gasteiger partial charge in [-0.3, -0.25) is 0 Å². The molecule has 4 heteroatoms. The van der Waals surface area contributed by atoms with Gasteiger partial charge in [-0.2, -0.15) is 8.78 Å². The Kier molecular flexibility index (Phi) is 4.17. The van der Waals surface area contributed by atoms with Crippen molar-refractivity contribution in [3.8, 4) is 0 Å². The molecule has 3 radical (unpaired) electrons. The fourth-order valence-electron chi connectivity index (χ4n) is 0. The third kappa shape index (κ3) is 271. The van der Waals surface area contributed by atoms with Crippen molar-refractivity contribution < 1.29 is 8.78 Å². The standard InChI is InChI=1S/CCl2F2.CH/c2-1(3,4)5;/h;1H.